The van der Waals surface area contributed by atoms with Gasteiger partial charge < -0.3 is 19.9 Å². The normalized spacial score (nSPS) is 12.0. The van der Waals surface area contributed by atoms with Crippen molar-refractivity contribution in [2.75, 3.05) is 45.0 Å². The summed E-state index contributed by atoms with van der Waals surface area (Å²) in [5.74, 6) is 0.555. The van der Waals surface area contributed by atoms with Gasteiger partial charge in [0.05, 0.1) is 22.8 Å². The molecule has 1 amide bonds. The van der Waals surface area contributed by atoms with Crippen molar-refractivity contribution in [2.45, 2.75) is 32.3 Å². The lowest BCUT2D eigenvalue weighted by Gasteiger charge is -2.24. The molecule has 1 aromatic heterocycles. The van der Waals surface area contributed by atoms with Gasteiger partial charge in [-0.3, -0.25) is 4.79 Å². The first kappa shape index (κ1) is 22.9. The summed E-state index contributed by atoms with van der Waals surface area (Å²) in [7, 11) is 7.74. The zero-order chi connectivity index (χ0) is 21.8. The molecule has 2 rings (SSSR count). The van der Waals surface area contributed by atoms with Crippen LogP contribution in [-0.4, -0.2) is 61.3 Å². The summed E-state index contributed by atoms with van der Waals surface area (Å²) in [6.07, 6.45) is 3.33. The number of halogens is 1. The first-order valence-electron chi connectivity index (χ1n) is 9.39. The maximum absolute atomic E-state index is 12.5. The van der Waals surface area contributed by atoms with Gasteiger partial charge in [-0.05, 0) is 40.9 Å². The van der Waals surface area contributed by atoms with Crippen LogP contribution in [-0.2, 0) is 10.7 Å². The lowest BCUT2D eigenvalue weighted by Crippen LogP contribution is -2.24. The summed E-state index contributed by atoms with van der Waals surface area (Å²) >= 11 is 6.07. The Morgan fingerprint density at radius 2 is 1.90 bits per heavy atom. The van der Waals surface area contributed by atoms with Crippen LogP contribution in [0, 0.1) is 0 Å². The molecule has 1 N–H and O–H groups in total. The molecule has 0 aliphatic rings. The molecule has 1 heterocycles. The largest absolute Gasteiger partial charge is 0.486 e. The Bertz CT molecular complexity index is 904. The lowest BCUT2D eigenvalue weighted by molar-refractivity contribution is -0.111. The Balaban J connectivity index is 2.56. The van der Waals surface area contributed by atoms with Crippen molar-refractivity contribution in [3.8, 4) is 5.75 Å². The molecule has 0 saturated heterocycles. The van der Waals surface area contributed by atoms with Gasteiger partial charge in [-0.2, -0.15) is 5.10 Å². The fraction of sp³-hybridized carbons (Fsp3) is 0.476. The van der Waals surface area contributed by atoms with E-state index in [0.29, 0.717) is 29.2 Å². The molecular formula is C21H30ClN5O2. The van der Waals surface area contributed by atoms with Gasteiger partial charge in [0.25, 0.3) is 0 Å². The van der Waals surface area contributed by atoms with Crippen LogP contribution in [0.1, 0.15) is 26.5 Å². The molecule has 8 heteroatoms. The molecule has 0 saturated carbocycles. The average Bonchev–Trinajstić information content (AvgIpc) is 2.59. The Morgan fingerprint density at radius 1 is 1.21 bits per heavy atom. The third kappa shape index (κ3) is 6.30. The van der Waals surface area contributed by atoms with Crippen molar-refractivity contribution in [2.24, 2.45) is 0 Å². The van der Waals surface area contributed by atoms with Crippen LogP contribution in [0.25, 0.3) is 10.9 Å². The van der Waals surface area contributed by atoms with Crippen LogP contribution in [0.5, 0.6) is 5.75 Å². The van der Waals surface area contributed by atoms with Crippen molar-refractivity contribution in [1.29, 1.82) is 0 Å². The number of alkyl halides is 1. The summed E-state index contributed by atoms with van der Waals surface area (Å²) in [6.45, 7) is 6.53. The summed E-state index contributed by atoms with van der Waals surface area (Å²) in [5.41, 5.74) is 2.34. The first-order chi connectivity index (χ1) is 13.5. The molecule has 0 unspecified atom stereocenters. The number of aromatic nitrogens is 2. The molecule has 0 aliphatic carbocycles. The minimum atomic E-state index is -0.443. The number of amides is 1. The molecule has 0 aliphatic heterocycles. The fourth-order valence-electron chi connectivity index (χ4n) is 2.80. The van der Waals surface area contributed by atoms with Crippen molar-refractivity contribution < 1.29 is 9.53 Å². The molecule has 0 bridgehead atoms. The number of hydrogen-bond acceptors (Lipinski definition) is 6. The van der Waals surface area contributed by atoms with Crippen molar-refractivity contribution in [1.82, 2.24) is 15.1 Å². The number of carbonyl (C=O) groups is 1. The van der Waals surface area contributed by atoms with Crippen LogP contribution >= 0.6 is 11.6 Å². The summed E-state index contributed by atoms with van der Waals surface area (Å²) in [4.78, 5) is 16.4. The number of likely N-dealkylation sites (N-methyl/N-ethyl adjacent to an activating group) is 1. The van der Waals surface area contributed by atoms with E-state index in [1.165, 1.54) is 6.08 Å². The second-order valence-electron chi connectivity index (χ2n) is 8.26. The Labute approximate surface area is 177 Å². The minimum absolute atomic E-state index is 0.226. The third-order valence-corrected chi connectivity index (χ3v) is 4.15. The monoisotopic (exact) mass is 419 g/mol. The van der Waals surface area contributed by atoms with Crippen LogP contribution < -0.4 is 15.0 Å². The number of rotatable bonds is 7. The van der Waals surface area contributed by atoms with Crippen molar-refractivity contribution >= 4 is 39.8 Å². The zero-order valence-electron chi connectivity index (χ0n) is 18.2. The lowest BCUT2D eigenvalue weighted by atomic mass is 10.1. The first-order valence-corrected chi connectivity index (χ1v) is 9.93. The molecule has 29 heavy (non-hydrogen) atoms. The molecule has 0 spiro atoms. The second-order valence-corrected chi connectivity index (χ2v) is 8.52. The van der Waals surface area contributed by atoms with E-state index in [4.69, 9.17) is 16.3 Å². The van der Waals surface area contributed by atoms with Crippen molar-refractivity contribution in [3.63, 3.8) is 0 Å². The topological polar surface area (TPSA) is 70.6 Å². The Kier molecular flexibility index (Phi) is 7.43. The SMILES string of the molecule is CN(C)C/C=C/C(=O)Nc1cc2c(N(C)C)c(CCl)nnc2cc1OC(C)(C)C. The van der Waals surface area contributed by atoms with Crippen molar-refractivity contribution in [3.05, 3.63) is 30.0 Å². The van der Waals surface area contributed by atoms with E-state index in [-0.39, 0.29) is 11.8 Å². The molecule has 0 atom stereocenters. The fourth-order valence-corrected chi connectivity index (χ4v) is 2.98. The van der Waals surface area contributed by atoms with E-state index < -0.39 is 5.60 Å². The van der Waals surface area contributed by atoms with Gasteiger partial charge in [-0.1, -0.05) is 6.08 Å². The smallest absolute Gasteiger partial charge is 0.248 e. The predicted octanol–water partition coefficient (Wildman–Crippen LogP) is 3.67. The predicted molar refractivity (Wildman–Crippen MR) is 120 cm³/mol. The van der Waals surface area contributed by atoms with E-state index in [2.05, 4.69) is 15.5 Å². The highest BCUT2D eigenvalue weighted by Gasteiger charge is 2.20. The van der Waals surface area contributed by atoms with Gasteiger partial charge in [0, 0.05) is 38.2 Å². The van der Waals surface area contributed by atoms with Crippen LogP contribution in [0.2, 0.25) is 0 Å². The van der Waals surface area contributed by atoms with Gasteiger partial charge in [-0.25, -0.2) is 0 Å². The summed E-state index contributed by atoms with van der Waals surface area (Å²) in [6, 6.07) is 3.67. The molecule has 158 valence electrons. The molecular weight excluding hydrogens is 390 g/mol. The quantitative estimate of drug-likeness (QED) is 0.545. The van der Waals surface area contributed by atoms with Gasteiger partial charge in [0.1, 0.15) is 17.0 Å². The van der Waals surface area contributed by atoms with Crippen LogP contribution in [0.3, 0.4) is 0 Å². The van der Waals surface area contributed by atoms with Gasteiger partial charge in [0.15, 0.2) is 0 Å². The summed E-state index contributed by atoms with van der Waals surface area (Å²) < 4.78 is 6.09. The number of hydrogen-bond donors (Lipinski definition) is 1. The van der Waals surface area contributed by atoms with E-state index >= 15 is 0 Å². The average molecular weight is 420 g/mol. The third-order valence-electron chi connectivity index (χ3n) is 3.89. The number of fused-ring (bicyclic) bond motifs is 1. The molecule has 1 aromatic carbocycles. The van der Waals surface area contributed by atoms with Crippen LogP contribution in [0.15, 0.2) is 24.3 Å². The highest BCUT2D eigenvalue weighted by molar-refractivity contribution is 6.17. The maximum Gasteiger partial charge on any atom is 0.248 e. The number of anilines is 2. The van der Waals surface area contributed by atoms with E-state index in [0.717, 1.165) is 11.1 Å². The molecule has 7 nitrogen and oxygen atoms in total. The highest BCUT2D eigenvalue weighted by atomic mass is 35.5. The van der Waals surface area contributed by atoms with E-state index in [1.54, 1.807) is 6.07 Å². The van der Waals surface area contributed by atoms with Gasteiger partial charge in [-0.15, -0.1) is 16.7 Å². The molecule has 0 radical (unpaired) electrons. The minimum Gasteiger partial charge on any atom is -0.486 e. The standard InChI is InChI=1S/C21H30ClN5O2/c1-21(2,3)29-18-12-15-14(20(27(6)7)17(13-22)25-24-15)11-16(18)23-19(28)9-8-10-26(4)5/h8-9,11-12H,10,13H2,1-7H3,(H,23,28)/b9-8+. The molecule has 0 fully saturated rings. The Hall–Kier alpha value is -2.38. The van der Waals surface area contributed by atoms with Crippen LogP contribution in [0.4, 0.5) is 11.4 Å². The van der Waals surface area contributed by atoms with E-state index in [9.17, 15) is 4.79 Å². The van der Waals surface area contributed by atoms with Gasteiger partial charge in [0.2, 0.25) is 5.91 Å². The number of benzene rings is 1. The highest BCUT2D eigenvalue weighted by Crippen LogP contribution is 2.37. The number of ether oxygens (including phenoxy) is 1. The maximum atomic E-state index is 12.5. The zero-order valence-corrected chi connectivity index (χ0v) is 19.0. The number of carbonyl (C=O) groups excluding carboxylic acids is 1. The number of nitrogens with zero attached hydrogens (tertiary/aromatic N) is 4. The second kappa shape index (κ2) is 9.41. The number of nitrogens with one attached hydrogen (secondary N) is 1. The summed E-state index contributed by atoms with van der Waals surface area (Å²) in [5, 5.41) is 12.3. The van der Waals surface area contributed by atoms with Gasteiger partial charge >= 0.3 is 0 Å². The molecule has 2 aromatic rings. The van der Waals surface area contributed by atoms with E-state index in [1.807, 2.05) is 70.9 Å². The Morgan fingerprint density at radius 3 is 2.45 bits per heavy atom.